The number of fused-ring (bicyclic) bond motifs is 2. The van der Waals surface area contributed by atoms with Crippen LogP contribution in [0.1, 0.15) is 0 Å². The van der Waals surface area contributed by atoms with Gasteiger partial charge in [-0.15, -0.1) is 0 Å². The van der Waals surface area contributed by atoms with E-state index in [0.29, 0.717) is 0 Å². The highest BCUT2D eigenvalue weighted by molar-refractivity contribution is 7.99. The summed E-state index contributed by atoms with van der Waals surface area (Å²) < 4.78 is 6.32. The van der Waals surface area contributed by atoms with Gasteiger partial charge < -0.3 is 14.5 Å². The van der Waals surface area contributed by atoms with Crippen LogP contribution in [0.4, 0.5) is 22.9 Å². The fourth-order valence-electron chi connectivity index (χ4n) is 4.09. The van der Waals surface area contributed by atoms with Crippen molar-refractivity contribution < 1.29 is 4.74 Å². The highest BCUT2D eigenvalue weighted by atomic mass is 32.2. The van der Waals surface area contributed by atoms with Crippen molar-refractivity contribution in [2.45, 2.75) is 9.79 Å². The lowest BCUT2D eigenvalue weighted by Crippen LogP contribution is -2.21. The molecule has 3 heterocycles. The van der Waals surface area contributed by atoms with E-state index >= 15 is 0 Å². The lowest BCUT2D eigenvalue weighted by Gasteiger charge is -2.32. The van der Waals surface area contributed by atoms with Gasteiger partial charge in [-0.25, -0.2) is 4.98 Å². The number of ether oxygens (including phenoxy) is 1. The number of benzene rings is 3. The van der Waals surface area contributed by atoms with E-state index in [4.69, 9.17) is 4.74 Å². The average Bonchev–Trinajstić information content (AvgIpc) is 3.30. The first-order valence-corrected chi connectivity index (χ1v) is 11.6. The van der Waals surface area contributed by atoms with E-state index in [9.17, 15) is 0 Å². The summed E-state index contributed by atoms with van der Waals surface area (Å²) in [6.45, 7) is 0.831. The Labute approximate surface area is 197 Å². The van der Waals surface area contributed by atoms with Crippen LogP contribution >= 0.6 is 11.8 Å². The lowest BCUT2D eigenvalue weighted by molar-refractivity contribution is 0.480. The van der Waals surface area contributed by atoms with Crippen molar-refractivity contribution in [3.05, 3.63) is 104 Å². The molecular formula is C27H22N4OS. The summed E-state index contributed by atoms with van der Waals surface area (Å²) in [7, 11) is 2.06. The Balaban J connectivity index is 1.35. The van der Waals surface area contributed by atoms with Crippen LogP contribution in [0.25, 0.3) is 0 Å². The Morgan fingerprint density at radius 2 is 1.64 bits per heavy atom. The minimum Gasteiger partial charge on any atom is -0.457 e. The molecular weight excluding hydrogens is 428 g/mol. The van der Waals surface area contributed by atoms with Gasteiger partial charge in [-0.2, -0.15) is 0 Å². The zero-order chi connectivity index (χ0) is 22.2. The first-order chi connectivity index (χ1) is 16.2. The molecule has 2 aliphatic rings. The van der Waals surface area contributed by atoms with Crippen LogP contribution in [0.5, 0.6) is 11.5 Å². The Morgan fingerprint density at radius 1 is 0.788 bits per heavy atom. The van der Waals surface area contributed by atoms with E-state index < -0.39 is 0 Å². The number of rotatable bonds is 4. The van der Waals surface area contributed by atoms with E-state index in [1.807, 2.05) is 42.6 Å². The molecule has 0 saturated heterocycles. The lowest BCUT2D eigenvalue weighted by atomic mass is 10.2. The van der Waals surface area contributed by atoms with Crippen LogP contribution in [0.2, 0.25) is 0 Å². The van der Waals surface area contributed by atoms with Gasteiger partial charge in [0, 0.05) is 53.3 Å². The van der Waals surface area contributed by atoms with Crippen LogP contribution in [-0.2, 0) is 0 Å². The number of hydrogen-bond acceptors (Lipinski definition) is 6. The summed E-state index contributed by atoms with van der Waals surface area (Å²) in [5, 5.41) is 0. The van der Waals surface area contributed by atoms with Crippen LogP contribution < -0.4 is 14.5 Å². The second kappa shape index (κ2) is 8.22. The van der Waals surface area contributed by atoms with Crippen LogP contribution in [0.3, 0.4) is 0 Å². The standard InChI is InChI=1S/C27H22N4OS/c1-29-15-16-30(19-29)20-7-6-8-21(17-20)32-22-12-13-26-24(18-22)31(27-11-4-5-14-28-27)23-9-2-3-10-25(23)33-26/h2-18H,19H2,1H3. The maximum absolute atomic E-state index is 6.32. The van der Waals surface area contributed by atoms with E-state index in [1.54, 1.807) is 11.8 Å². The monoisotopic (exact) mass is 450 g/mol. The first-order valence-electron chi connectivity index (χ1n) is 10.8. The SMILES string of the molecule is CN1C=CN(c2cccc(Oc3ccc4c(c3)N(c3ccccn3)c3ccccc3S4)c2)C1. The normalized spacial score (nSPS) is 14.3. The predicted molar refractivity (Wildman–Crippen MR) is 134 cm³/mol. The van der Waals surface area contributed by atoms with Crippen molar-refractivity contribution in [3.8, 4) is 11.5 Å². The summed E-state index contributed by atoms with van der Waals surface area (Å²) >= 11 is 1.77. The molecule has 0 atom stereocenters. The molecule has 5 nitrogen and oxygen atoms in total. The third-order valence-corrected chi connectivity index (χ3v) is 6.77. The Hall–Kier alpha value is -3.90. The number of para-hydroxylation sites is 1. The second-order valence-electron chi connectivity index (χ2n) is 7.99. The van der Waals surface area contributed by atoms with Crippen molar-refractivity contribution in [1.82, 2.24) is 9.88 Å². The molecule has 0 fully saturated rings. The molecule has 33 heavy (non-hydrogen) atoms. The van der Waals surface area contributed by atoms with Gasteiger partial charge >= 0.3 is 0 Å². The van der Waals surface area contributed by atoms with Crippen molar-refractivity contribution >= 4 is 34.6 Å². The molecule has 0 aliphatic carbocycles. The third-order valence-electron chi connectivity index (χ3n) is 5.64. The maximum Gasteiger partial charge on any atom is 0.137 e. The van der Waals surface area contributed by atoms with Crippen molar-refractivity contribution in [1.29, 1.82) is 0 Å². The predicted octanol–water partition coefficient (Wildman–Crippen LogP) is 6.99. The molecule has 0 unspecified atom stereocenters. The smallest absolute Gasteiger partial charge is 0.137 e. The van der Waals surface area contributed by atoms with Gasteiger partial charge in [-0.05, 0) is 48.5 Å². The number of hydrogen-bond donors (Lipinski definition) is 0. The van der Waals surface area contributed by atoms with Crippen LogP contribution in [0.15, 0.2) is 113 Å². The largest absolute Gasteiger partial charge is 0.457 e. The summed E-state index contributed by atoms with van der Waals surface area (Å²) in [4.78, 5) is 13.5. The Bertz CT molecular complexity index is 1340. The van der Waals surface area contributed by atoms with Gasteiger partial charge in [-0.1, -0.05) is 36.0 Å². The summed E-state index contributed by atoms with van der Waals surface area (Å²) in [6.07, 6.45) is 5.98. The summed E-state index contributed by atoms with van der Waals surface area (Å²) in [5.41, 5.74) is 3.29. The third kappa shape index (κ3) is 3.79. The van der Waals surface area contributed by atoms with Gasteiger partial charge in [0.15, 0.2) is 0 Å². The minimum absolute atomic E-state index is 0.792. The molecule has 0 N–H and O–H groups in total. The molecule has 0 spiro atoms. The van der Waals surface area contributed by atoms with E-state index in [-0.39, 0.29) is 0 Å². The number of anilines is 4. The van der Waals surface area contributed by atoms with E-state index in [2.05, 4.69) is 87.7 Å². The van der Waals surface area contributed by atoms with Gasteiger partial charge in [0.1, 0.15) is 17.3 Å². The Morgan fingerprint density at radius 3 is 2.48 bits per heavy atom. The quantitative estimate of drug-likeness (QED) is 0.293. The van der Waals surface area contributed by atoms with Crippen LogP contribution in [0, 0.1) is 0 Å². The zero-order valence-electron chi connectivity index (χ0n) is 18.1. The van der Waals surface area contributed by atoms with Gasteiger partial charge in [0.2, 0.25) is 0 Å². The molecule has 0 radical (unpaired) electrons. The molecule has 0 saturated carbocycles. The molecule has 0 amide bonds. The molecule has 0 bridgehead atoms. The Kier molecular flexibility index (Phi) is 4.92. The molecule has 1 aromatic heterocycles. The first kappa shape index (κ1) is 19.8. The number of aromatic nitrogens is 1. The van der Waals surface area contributed by atoms with E-state index in [0.717, 1.165) is 41.0 Å². The molecule has 4 aromatic rings. The minimum atomic E-state index is 0.792. The van der Waals surface area contributed by atoms with E-state index in [1.165, 1.54) is 9.79 Å². The molecule has 2 aliphatic heterocycles. The molecule has 162 valence electrons. The summed E-state index contributed by atoms with van der Waals surface area (Å²) in [6, 6.07) is 28.9. The fourth-order valence-corrected chi connectivity index (χ4v) is 5.13. The van der Waals surface area contributed by atoms with Gasteiger partial charge in [0.25, 0.3) is 0 Å². The van der Waals surface area contributed by atoms with Crippen molar-refractivity contribution in [2.24, 2.45) is 0 Å². The molecule has 3 aromatic carbocycles. The topological polar surface area (TPSA) is 31.8 Å². The highest BCUT2D eigenvalue weighted by Gasteiger charge is 2.26. The van der Waals surface area contributed by atoms with Gasteiger partial charge in [0.05, 0.1) is 18.0 Å². The van der Waals surface area contributed by atoms with Crippen molar-refractivity contribution in [2.75, 3.05) is 23.5 Å². The van der Waals surface area contributed by atoms with Crippen LogP contribution in [-0.4, -0.2) is 23.6 Å². The van der Waals surface area contributed by atoms with Gasteiger partial charge in [-0.3, -0.25) is 4.90 Å². The fraction of sp³-hybridized carbons (Fsp3) is 0.0741. The zero-order valence-corrected chi connectivity index (χ0v) is 18.9. The highest BCUT2D eigenvalue weighted by Crippen LogP contribution is 2.51. The average molecular weight is 451 g/mol. The molecule has 6 heteroatoms. The second-order valence-corrected chi connectivity index (χ2v) is 9.07. The summed E-state index contributed by atoms with van der Waals surface area (Å²) in [5.74, 6) is 2.49. The maximum atomic E-state index is 6.32. The van der Waals surface area contributed by atoms with Crippen molar-refractivity contribution in [3.63, 3.8) is 0 Å². The molecule has 6 rings (SSSR count). The number of nitrogens with zero attached hydrogens (tertiary/aromatic N) is 4. The number of pyridine rings is 1.